The van der Waals surface area contributed by atoms with Crippen LogP contribution in [0.1, 0.15) is 45.9 Å². The van der Waals surface area contributed by atoms with Gasteiger partial charge in [-0.3, -0.25) is 4.79 Å². The topological polar surface area (TPSA) is 65.1 Å². The first kappa shape index (κ1) is 20.7. The number of methoxy groups -OCH3 is 2. The Morgan fingerprint density at radius 3 is 2.52 bits per heavy atom. The van der Waals surface area contributed by atoms with Crippen LogP contribution in [0.5, 0.6) is 11.5 Å². The van der Waals surface area contributed by atoms with E-state index in [-0.39, 0.29) is 18.6 Å². The van der Waals surface area contributed by atoms with E-state index in [2.05, 4.69) is 0 Å². The van der Waals surface area contributed by atoms with E-state index >= 15 is 0 Å². The lowest BCUT2D eigenvalue weighted by Crippen LogP contribution is -2.34. The lowest BCUT2D eigenvalue weighted by Gasteiger charge is -2.26. The molecule has 2 aromatic rings. The van der Waals surface area contributed by atoms with Crippen LogP contribution in [0.3, 0.4) is 0 Å². The molecule has 6 heteroatoms. The first-order valence-electron chi connectivity index (χ1n) is 9.70. The molecular weight excluding hydrogens is 370 g/mol. The molecule has 0 unspecified atom stereocenters. The molecule has 0 aromatic heterocycles. The summed E-state index contributed by atoms with van der Waals surface area (Å²) in [5, 5.41) is 0. The summed E-state index contributed by atoms with van der Waals surface area (Å²) in [5.41, 5.74) is 3.46. The minimum Gasteiger partial charge on any atom is -0.497 e. The summed E-state index contributed by atoms with van der Waals surface area (Å²) < 4.78 is 16.1. The van der Waals surface area contributed by atoms with Gasteiger partial charge in [0.15, 0.2) is 6.61 Å². The maximum atomic E-state index is 12.8. The summed E-state index contributed by atoms with van der Waals surface area (Å²) >= 11 is 0. The van der Waals surface area contributed by atoms with Gasteiger partial charge in [0.05, 0.1) is 25.8 Å². The maximum Gasteiger partial charge on any atom is 0.338 e. The monoisotopic (exact) mass is 397 g/mol. The standard InChI is InChI=1S/C23H27NO5/c1-15-7-8-17(12-16(15)2)23(26)29-14-22(25)24-11-5-6-20(24)19-13-18(27-3)9-10-21(19)28-4/h7-10,12-13,20H,5-6,11,14H2,1-4H3/t20-/m1/s1. The molecule has 1 atom stereocenters. The summed E-state index contributed by atoms with van der Waals surface area (Å²) in [4.78, 5) is 26.9. The van der Waals surface area contributed by atoms with Crippen LogP contribution in [-0.2, 0) is 9.53 Å². The van der Waals surface area contributed by atoms with E-state index in [0.717, 1.165) is 29.5 Å². The zero-order valence-corrected chi connectivity index (χ0v) is 17.4. The van der Waals surface area contributed by atoms with E-state index in [1.807, 2.05) is 38.1 Å². The molecule has 0 radical (unpaired) electrons. The Bertz CT molecular complexity index is 908. The van der Waals surface area contributed by atoms with Crippen LogP contribution in [0.4, 0.5) is 0 Å². The number of ether oxygens (including phenoxy) is 3. The van der Waals surface area contributed by atoms with Gasteiger partial charge in [0.25, 0.3) is 5.91 Å². The van der Waals surface area contributed by atoms with Gasteiger partial charge in [-0.05, 0) is 68.1 Å². The van der Waals surface area contributed by atoms with E-state index in [1.54, 1.807) is 31.3 Å². The number of aryl methyl sites for hydroxylation is 2. The van der Waals surface area contributed by atoms with Crippen LogP contribution in [0.2, 0.25) is 0 Å². The van der Waals surface area contributed by atoms with Gasteiger partial charge in [-0.1, -0.05) is 6.07 Å². The van der Waals surface area contributed by atoms with Gasteiger partial charge in [-0.15, -0.1) is 0 Å². The highest BCUT2D eigenvalue weighted by atomic mass is 16.5. The number of likely N-dealkylation sites (tertiary alicyclic amines) is 1. The number of esters is 1. The molecule has 6 nitrogen and oxygen atoms in total. The van der Waals surface area contributed by atoms with Crippen molar-refractivity contribution in [2.45, 2.75) is 32.7 Å². The largest absolute Gasteiger partial charge is 0.497 e. The molecule has 0 spiro atoms. The highest BCUT2D eigenvalue weighted by Gasteiger charge is 2.32. The van der Waals surface area contributed by atoms with E-state index in [4.69, 9.17) is 14.2 Å². The van der Waals surface area contributed by atoms with Crippen molar-refractivity contribution in [2.24, 2.45) is 0 Å². The number of benzene rings is 2. The molecule has 1 fully saturated rings. The third kappa shape index (κ3) is 4.53. The molecular formula is C23H27NO5. The van der Waals surface area contributed by atoms with Gasteiger partial charge in [0.2, 0.25) is 0 Å². The summed E-state index contributed by atoms with van der Waals surface area (Å²) in [7, 11) is 3.22. The van der Waals surface area contributed by atoms with Crippen molar-refractivity contribution >= 4 is 11.9 Å². The van der Waals surface area contributed by atoms with Crippen LogP contribution >= 0.6 is 0 Å². The first-order valence-corrected chi connectivity index (χ1v) is 9.70. The lowest BCUT2D eigenvalue weighted by atomic mass is 10.0. The van der Waals surface area contributed by atoms with Crippen molar-refractivity contribution < 1.29 is 23.8 Å². The Hall–Kier alpha value is -3.02. The molecule has 29 heavy (non-hydrogen) atoms. The third-order valence-corrected chi connectivity index (χ3v) is 5.44. The average molecular weight is 397 g/mol. The number of carbonyl (C=O) groups is 2. The summed E-state index contributed by atoms with van der Waals surface area (Å²) in [6, 6.07) is 10.8. The Morgan fingerprint density at radius 2 is 1.83 bits per heavy atom. The second kappa shape index (κ2) is 8.99. The minimum absolute atomic E-state index is 0.132. The Balaban J connectivity index is 1.70. The summed E-state index contributed by atoms with van der Waals surface area (Å²) in [5.74, 6) is 0.717. The van der Waals surface area contributed by atoms with Crippen molar-refractivity contribution in [1.82, 2.24) is 4.90 Å². The Morgan fingerprint density at radius 1 is 1.03 bits per heavy atom. The predicted octanol–water partition coefficient (Wildman–Crippen LogP) is 3.84. The molecule has 0 aliphatic carbocycles. The molecule has 0 N–H and O–H groups in total. The van der Waals surface area contributed by atoms with E-state index in [1.165, 1.54) is 0 Å². The quantitative estimate of drug-likeness (QED) is 0.693. The molecule has 2 aromatic carbocycles. The van der Waals surface area contributed by atoms with Crippen LogP contribution in [-0.4, -0.2) is 44.1 Å². The third-order valence-electron chi connectivity index (χ3n) is 5.44. The second-order valence-corrected chi connectivity index (χ2v) is 7.23. The minimum atomic E-state index is -0.490. The van der Waals surface area contributed by atoms with Crippen LogP contribution in [0, 0.1) is 13.8 Å². The zero-order chi connectivity index (χ0) is 21.0. The number of amides is 1. The highest BCUT2D eigenvalue weighted by molar-refractivity contribution is 5.91. The number of hydrogen-bond donors (Lipinski definition) is 0. The van der Waals surface area contributed by atoms with Gasteiger partial charge in [0.1, 0.15) is 11.5 Å². The van der Waals surface area contributed by atoms with E-state index in [9.17, 15) is 9.59 Å². The molecule has 1 aliphatic rings. The smallest absolute Gasteiger partial charge is 0.338 e. The van der Waals surface area contributed by atoms with Gasteiger partial charge in [-0.2, -0.15) is 0 Å². The summed E-state index contributed by atoms with van der Waals surface area (Å²) in [6.45, 7) is 4.25. The van der Waals surface area contributed by atoms with Crippen molar-refractivity contribution in [3.63, 3.8) is 0 Å². The zero-order valence-electron chi connectivity index (χ0n) is 17.4. The summed E-state index contributed by atoms with van der Waals surface area (Å²) in [6.07, 6.45) is 1.70. The normalized spacial score (nSPS) is 15.9. The highest BCUT2D eigenvalue weighted by Crippen LogP contribution is 2.38. The SMILES string of the molecule is COc1ccc(OC)c([C@H]2CCCN2C(=O)COC(=O)c2ccc(C)c(C)c2)c1. The van der Waals surface area contributed by atoms with Crippen molar-refractivity contribution in [3.8, 4) is 11.5 Å². The second-order valence-electron chi connectivity index (χ2n) is 7.23. The van der Waals surface area contributed by atoms with Gasteiger partial charge >= 0.3 is 5.97 Å². The molecule has 1 amide bonds. The van der Waals surface area contributed by atoms with Crippen LogP contribution in [0.15, 0.2) is 36.4 Å². The number of nitrogens with zero attached hydrogens (tertiary/aromatic N) is 1. The molecule has 0 bridgehead atoms. The van der Waals surface area contributed by atoms with Crippen LogP contribution < -0.4 is 9.47 Å². The fraction of sp³-hybridized carbons (Fsp3) is 0.391. The molecule has 0 saturated carbocycles. The maximum absolute atomic E-state index is 12.8. The van der Waals surface area contributed by atoms with Gasteiger partial charge < -0.3 is 19.1 Å². The molecule has 1 aliphatic heterocycles. The van der Waals surface area contributed by atoms with Crippen LogP contribution in [0.25, 0.3) is 0 Å². The molecule has 3 rings (SSSR count). The van der Waals surface area contributed by atoms with Gasteiger partial charge in [-0.25, -0.2) is 4.79 Å². The Labute approximate surface area is 171 Å². The van der Waals surface area contributed by atoms with E-state index in [0.29, 0.717) is 23.6 Å². The average Bonchev–Trinajstić information content (AvgIpc) is 3.23. The fourth-order valence-corrected chi connectivity index (χ4v) is 3.65. The predicted molar refractivity (Wildman–Crippen MR) is 109 cm³/mol. The molecule has 1 heterocycles. The van der Waals surface area contributed by atoms with Gasteiger partial charge in [0, 0.05) is 12.1 Å². The first-order chi connectivity index (χ1) is 13.9. The fourth-order valence-electron chi connectivity index (χ4n) is 3.65. The van der Waals surface area contributed by atoms with E-state index < -0.39 is 5.97 Å². The van der Waals surface area contributed by atoms with Crippen molar-refractivity contribution in [2.75, 3.05) is 27.4 Å². The molecule has 154 valence electrons. The van der Waals surface area contributed by atoms with Crippen molar-refractivity contribution in [3.05, 3.63) is 58.7 Å². The Kier molecular flexibility index (Phi) is 6.42. The number of rotatable bonds is 6. The molecule has 1 saturated heterocycles. The lowest BCUT2D eigenvalue weighted by molar-refractivity contribution is -0.135. The van der Waals surface area contributed by atoms with Crippen molar-refractivity contribution in [1.29, 1.82) is 0 Å². The number of carbonyl (C=O) groups excluding carboxylic acids is 2. The number of hydrogen-bond acceptors (Lipinski definition) is 5.